The molecule has 2 rings (SSSR count). The summed E-state index contributed by atoms with van der Waals surface area (Å²) in [5.74, 6) is 0.0427. The van der Waals surface area contributed by atoms with Crippen LogP contribution in [0.15, 0.2) is 27.1 Å². The Morgan fingerprint density at radius 1 is 1.44 bits per heavy atom. The molecule has 1 amide bonds. The van der Waals surface area contributed by atoms with Gasteiger partial charge in [0.1, 0.15) is 0 Å². The standard InChI is InChI=1S/C11H12Br2N2O/c12-7-1-2-10(13)9(5-7)11(16)15-4-3-8(14)6-15/h1-2,5,8H,3-4,6,14H2. The quantitative estimate of drug-likeness (QED) is 0.847. The van der Waals surface area contributed by atoms with Crippen LogP contribution in [-0.4, -0.2) is 29.9 Å². The van der Waals surface area contributed by atoms with Crippen LogP contribution in [0.3, 0.4) is 0 Å². The highest BCUT2D eigenvalue weighted by Crippen LogP contribution is 2.24. The van der Waals surface area contributed by atoms with Gasteiger partial charge in [0.2, 0.25) is 0 Å². The van der Waals surface area contributed by atoms with E-state index in [0.717, 1.165) is 21.9 Å². The van der Waals surface area contributed by atoms with Gasteiger partial charge in [0.25, 0.3) is 5.91 Å². The van der Waals surface area contributed by atoms with Gasteiger partial charge >= 0.3 is 0 Å². The van der Waals surface area contributed by atoms with Gasteiger partial charge in [-0.3, -0.25) is 4.79 Å². The molecule has 1 aromatic carbocycles. The molecule has 1 saturated heterocycles. The summed E-state index contributed by atoms with van der Waals surface area (Å²) in [5, 5.41) is 0. The lowest BCUT2D eigenvalue weighted by Crippen LogP contribution is -2.32. The Morgan fingerprint density at radius 2 is 2.19 bits per heavy atom. The first-order valence-corrected chi connectivity index (χ1v) is 6.66. The average molecular weight is 348 g/mol. The van der Waals surface area contributed by atoms with E-state index >= 15 is 0 Å². The summed E-state index contributed by atoms with van der Waals surface area (Å²) in [7, 11) is 0. The van der Waals surface area contributed by atoms with Gasteiger partial charge < -0.3 is 10.6 Å². The smallest absolute Gasteiger partial charge is 0.255 e. The number of rotatable bonds is 1. The minimum Gasteiger partial charge on any atom is -0.337 e. The maximum absolute atomic E-state index is 12.2. The molecule has 0 aliphatic carbocycles. The number of halogens is 2. The number of benzene rings is 1. The van der Waals surface area contributed by atoms with Crippen LogP contribution in [0.2, 0.25) is 0 Å². The summed E-state index contributed by atoms with van der Waals surface area (Å²) in [6, 6.07) is 5.72. The van der Waals surface area contributed by atoms with E-state index in [9.17, 15) is 4.79 Å². The summed E-state index contributed by atoms with van der Waals surface area (Å²) in [4.78, 5) is 14.0. The number of likely N-dealkylation sites (tertiary alicyclic amines) is 1. The van der Waals surface area contributed by atoms with Crippen molar-refractivity contribution in [3.8, 4) is 0 Å². The minimum atomic E-state index is 0.0427. The molecule has 0 bridgehead atoms. The van der Waals surface area contributed by atoms with Crippen molar-refractivity contribution < 1.29 is 4.79 Å². The average Bonchev–Trinajstić information content (AvgIpc) is 2.67. The van der Waals surface area contributed by atoms with Crippen molar-refractivity contribution in [2.75, 3.05) is 13.1 Å². The number of carbonyl (C=O) groups excluding carboxylic acids is 1. The zero-order chi connectivity index (χ0) is 11.7. The van der Waals surface area contributed by atoms with Gasteiger partial charge in [0.05, 0.1) is 5.56 Å². The Bertz CT molecular complexity index is 422. The first-order chi connectivity index (χ1) is 7.58. The molecule has 1 aromatic rings. The maximum atomic E-state index is 12.2. The molecule has 3 nitrogen and oxygen atoms in total. The summed E-state index contributed by atoms with van der Waals surface area (Å²) in [5.41, 5.74) is 6.48. The van der Waals surface area contributed by atoms with E-state index in [1.807, 2.05) is 18.2 Å². The Labute approximate surface area is 111 Å². The third-order valence-corrected chi connectivity index (χ3v) is 3.86. The van der Waals surface area contributed by atoms with Crippen LogP contribution < -0.4 is 5.73 Å². The Balaban J connectivity index is 2.23. The summed E-state index contributed by atoms with van der Waals surface area (Å²) < 4.78 is 1.73. The van der Waals surface area contributed by atoms with Crippen LogP contribution in [-0.2, 0) is 0 Å². The van der Waals surface area contributed by atoms with Gasteiger partial charge in [-0.15, -0.1) is 0 Å². The molecule has 0 radical (unpaired) electrons. The number of amides is 1. The van der Waals surface area contributed by atoms with Crippen LogP contribution >= 0.6 is 31.9 Å². The maximum Gasteiger partial charge on any atom is 0.255 e. The predicted octanol–water partition coefficient (Wildman–Crippen LogP) is 2.38. The van der Waals surface area contributed by atoms with Crippen LogP contribution in [0.4, 0.5) is 0 Å². The molecule has 16 heavy (non-hydrogen) atoms. The second-order valence-corrected chi connectivity index (χ2v) is 5.69. The van der Waals surface area contributed by atoms with Crippen molar-refractivity contribution >= 4 is 37.8 Å². The van der Waals surface area contributed by atoms with Crippen molar-refractivity contribution in [1.82, 2.24) is 4.90 Å². The molecule has 86 valence electrons. The zero-order valence-electron chi connectivity index (χ0n) is 8.62. The van der Waals surface area contributed by atoms with Crippen LogP contribution in [0.25, 0.3) is 0 Å². The van der Waals surface area contributed by atoms with E-state index in [2.05, 4.69) is 31.9 Å². The second kappa shape index (κ2) is 4.85. The lowest BCUT2D eigenvalue weighted by atomic mass is 10.2. The van der Waals surface area contributed by atoms with Crippen LogP contribution in [0.1, 0.15) is 16.8 Å². The van der Waals surface area contributed by atoms with Gasteiger partial charge in [-0.1, -0.05) is 15.9 Å². The molecular weight excluding hydrogens is 336 g/mol. The molecule has 0 spiro atoms. The van der Waals surface area contributed by atoms with Gasteiger partial charge in [0.15, 0.2) is 0 Å². The number of hydrogen-bond acceptors (Lipinski definition) is 2. The fourth-order valence-electron chi connectivity index (χ4n) is 1.80. The lowest BCUT2D eigenvalue weighted by Gasteiger charge is -2.16. The van der Waals surface area contributed by atoms with E-state index in [-0.39, 0.29) is 11.9 Å². The van der Waals surface area contributed by atoms with Crippen molar-refractivity contribution in [1.29, 1.82) is 0 Å². The van der Waals surface area contributed by atoms with E-state index in [0.29, 0.717) is 12.1 Å². The molecule has 5 heteroatoms. The van der Waals surface area contributed by atoms with Gasteiger partial charge in [0, 0.05) is 28.1 Å². The van der Waals surface area contributed by atoms with Gasteiger partial charge in [-0.2, -0.15) is 0 Å². The fourth-order valence-corrected chi connectivity index (χ4v) is 2.58. The lowest BCUT2D eigenvalue weighted by molar-refractivity contribution is 0.0790. The van der Waals surface area contributed by atoms with E-state index in [4.69, 9.17) is 5.73 Å². The summed E-state index contributed by atoms with van der Waals surface area (Å²) in [6.45, 7) is 1.40. The van der Waals surface area contributed by atoms with Gasteiger partial charge in [-0.25, -0.2) is 0 Å². The molecule has 1 fully saturated rings. The highest BCUT2D eigenvalue weighted by molar-refractivity contribution is 9.11. The molecule has 1 aliphatic rings. The van der Waals surface area contributed by atoms with Crippen LogP contribution in [0.5, 0.6) is 0 Å². The molecule has 1 aliphatic heterocycles. The number of nitrogens with two attached hydrogens (primary N) is 1. The third-order valence-electron chi connectivity index (χ3n) is 2.67. The second-order valence-electron chi connectivity index (χ2n) is 3.92. The molecular formula is C11H12Br2N2O. The first-order valence-electron chi connectivity index (χ1n) is 5.08. The zero-order valence-corrected chi connectivity index (χ0v) is 11.8. The summed E-state index contributed by atoms with van der Waals surface area (Å²) in [6.07, 6.45) is 0.886. The van der Waals surface area contributed by atoms with E-state index in [1.54, 1.807) is 4.90 Å². The van der Waals surface area contributed by atoms with Crippen LogP contribution in [0, 0.1) is 0 Å². The van der Waals surface area contributed by atoms with Crippen molar-refractivity contribution in [2.45, 2.75) is 12.5 Å². The molecule has 1 heterocycles. The Kier molecular flexibility index (Phi) is 3.66. The molecule has 1 atom stereocenters. The minimum absolute atomic E-state index is 0.0427. The molecule has 1 unspecified atom stereocenters. The predicted molar refractivity (Wildman–Crippen MR) is 70.3 cm³/mol. The number of hydrogen-bond donors (Lipinski definition) is 1. The number of carbonyl (C=O) groups is 1. The fraction of sp³-hybridized carbons (Fsp3) is 0.364. The third kappa shape index (κ3) is 2.47. The molecule has 2 N–H and O–H groups in total. The topological polar surface area (TPSA) is 46.3 Å². The van der Waals surface area contributed by atoms with E-state index < -0.39 is 0 Å². The normalized spacial score (nSPS) is 20.2. The number of nitrogens with zero attached hydrogens (tertiary/aromatic N) is 1. The van der Waals surface area contributed by atoms with Crippen molar-refractivity contribution in [3.05, 3.63) is 32.7 Å². The highest BCUT2D eigenvalue weighted by Gasteiger charge is 2.25. The van der Waals surface area contributed by atoms with Crippen molar-refractivity contribution in [3.63, 3.8) is 0 Å². The first kappa shape index (κ1) is 12.1. The van der Waals surface area contributed by atoms with Crippen molar-refractivity contribution in [2.24, 2.45) is 5.73 Å². The summed E-state index contributed by atoms with van der Waals surface area (Å²) >= 11 is 6.76. The molecule has 0 aromatic heterocycles. The largest absolute Gasteiger partial charge is 0.337 e. The van der Waals surface area contributed by atoms with Gasteiger partial charge in [-0.05, 0) is 40.5 Å². The monoisotopic (exact) mass is 346 g/mol. The Hall–Kier alpha value is -0.390. The highest BCUT2D eigenvalue weighted by atomic mass is 79.9. The SMILES string of the molecule is NC1CCN(C(=O)c2cc(Br)ccc2Br)C1. The molecule has 0 saturated carbocycles. The van der Waals surface area contributed by atoms with E-state index in [1.165, 1.54) is 0 Å². The Morgan fingerprint density at radius 3 is 2.81 bits per heavy atom.